The maximum atomic E-state index is 12.1. The van der Waals surface area contributed by atoms with E-state index in [1.807, 2.05) is 38.1 Å². The Balaban J connectivity index is 2.05. The van der Waals surface area contributed by atoms with Crippen molar-refractivity contribution in [3.05, 3.63) is 53.6 Å². The second-order valence-electron chi connectivity index (χ2n) is 4.44. The van der Waals surface area contributed by atoms with Crippen LogP contribution in [0.2, 0.25) is 5.02 Å². The van der Waals surface area contributed by atoms with Crippen molar-refractivity contribution in [2.45, 2.75) is 25.9 Å². The van der Waals surface area contributed by atoms with Crippen molar-refractivity contribution in [2.75, 3.05) is 0 Å². The van der Waals surface area contributed by atoms with Crippen LogP contribution in [0, 0.1) is 0 Å². The number of hydrogen-bond acceptors (Lipinski definition) is 2. The van der Waals surface area contributed by atoms with Crippen LogP contribution in [0.1, 0.15) is 31.5 Å². The Bertz CT molecular complexity index is 554. The van der Waals surface area contributed by atoms with Gasteiger partial charge in [-0.1, -0.05) is 29.8 Å². The highest BCUT2D eigenvalue weighted by Gasteiger charge is 2.18. The molecule has 1 heterocycles. The van der Waals surface area contributed by atoms with Crippen molar-refractivity contribution < 1.29 is 4.79 Å². The van der Waals surface area contributed by atoms with Crippen LogP contribution in [0.15, 0.2) is 43.0 Å². The number of carbonyl (C=O) groups excluding carboxylic acids is 1. The summed E-state index contributed by atoms with van der Waals surface area (Å²) in [5, 5.41) is 3.61. The van der Waals surface area contributed by atoms with Crippen molar-refractivity contribution in [1.29, 1.82) is 0 Å². The summed E-state index contributed by atoms with van der Waals surface area (Å²) in [5.74, 6) is -0.0644. The Morgan fingerprint density at radius 3 is 2.74 bits per heavy atom. The lowest BCUT2D eigenvalue weighted by Gasteiger charge is -2.19. The van der Waals surface area contributed by atoms with E-state index in [-0.39, 0.29) is 18.0 Å². The molecule has 1 amide bonds. The summed E-state index contributed by atoms with van der Waals surface area (Å²) in [6.45, 7) is 3.75. The van der Waals surface area contributed by atoms with E-state index >= 15 is 0 Å². The molecule has 0 bridgehead atoms. The SMILES string of the molecule is C[C@H](NC(=O)[C@H](C)n1ccnc1)c1ccccc1Cl. The van der Waals surface area contributed by atoms with Gasteiger partial charge in [0.1, 0.15) is 6.04 Å². The average Bonchev–Trinajstić information content (AvgIpc) is 2.92. The van der Waals surface area contributed by atoms with Gasteiger partial charge in [-0.15, -0.1) is 0 Å². The predicted octanol–water partition coefficient (Wildman–Crippen LogP) is 2.97. The maximum Gasteiger partial charge on any atom is 0.243 e. The molecule has 5 heteroatoms. The van der Waals surface area contributed by atoms with Crippen LogP contribution in [-0.4, -0.2) is 15.5 Å². The predicted molar refractivity (Wildman–Crippen MR) is 74.9 cm³/mol. The van der Waals surface area contributed by atoms with Crippen molar-refractivity contribution in [3.8, 4) is 0 Å². The van der Waals surface area contributed by atoms with Crippen molar-refractivity contribution in [2.24, 2.45) is 0 Å². The van der Waals surface area contributed by atoms with Crippen molar-refractivity contribution >= 4 is 17.5 Å². The fourth-order valence-corrected chi connectivity index (χ4v) is 2.17. The lowest BCUT2D eigenvalue weighted by Crippen LogP contribution is -2.32. The minimum Gasteiger partial charge on any atom is -0.348 e. The number of amides is 1. The first-order chi connectivity index (χ1) is 9.09. The molecule has 0 spiro atoms. The largest absolute Gasteiger partial charge is 0.348 e. The molecule has 4 nitrogen and oxygen atoms in total. The molecule has 0 aliphatic rings. The molecule has 0 unspecified atom stereocenters. The molecule has 0 saturated carbocycles. The van der Waals surface area contributed by atoms with E-state index in [0.717, 1.165) is 5.56 Å². The van der Waals surface area contributed by atoms with E-state index in [1.165, 1.54) is 0 Å². The number of benzene rings is 1. The molecule has 2 rings (SSSR count). The van der Waals surface area contributed by atoms with Gasteiger partial charge >= 0.3 is 0 Å². The molecule has 0 radical (unpaired) electrons. The summed E-state index contributed by atoms with van der Waals surface area (Å²) in [4.78, 5) is 16.1. The minimum atomic E-state index is -0.299. The third kappa shape index (κ3) is 3.15. The first-order valence-electron chi connectivity index (χ1n) is 6.12. The van der Waals surface area contributed by atoms with Crippen LogP contribution >= 0.6 is 11.6 Å². The fourth-order valence-electron chi connectivity index (χ4n) is 1.87. The molecular weight excluding hydrogens is 262 g/mol. The van der Waals surface area contributed by atoms with E-state index in [0.29, 0.717) is 5.02 Å². The van der Waals surface area contributed by atoms with Gasteiger partial charge in [-0.2, -0.15) is 0 Å². The quantitative estimate of drug-likeness (QED) is 0.934. The number of nitrogens with zero attached hydrogens (tertiary/aromatic N) is 2. The van der Waals surface area contributed by atoms with E-state index in [4.69, 9.17) is 11.6 Å². The second kappa shape index (κ2) is 5.89. The minimum absolute atomic E-state index is 0.0644. The molecule has 19 heavy (non-hydrogen) atoms. The van der Waals surface area contributed by atoms with Gasteiger partial charge in [0, 0.05) is 17.4 Å². The van der Waals surface area contributed by atoms with Crippen molar-refractivity contribution in [3.63, 3.8) is 0 Å². The number of carbonyl (C=O) groups is 1. The molecule has 1 N–H and O–H groups in total. The molecule has 1 aromatic heterocycles. The van der Waals surface area contributed by atoms with Crippen LogP contribution in [0.5, 0.6) is 0 Å². The highest BCUT2D eigenvalue weighted by molar-refractivity contribution is 6.31. The smallest absolute Gasteiger partial charge is 0.243 e. The van der Waals surface area contributed by atoms with E-state index in [1.54, 1.807) is 23.3 Å². The molecule has 0 saturated heterocycles. The normalized spacial score (nSPS) is 13.8. The Morgan fingerprint density at radius 1 is 1.37 bits per heavy atom. The van der Waals surface area contributed by atoms with Crippen molar-refractivity contribution in [1.82, 2.24) is 14.9 Å². The molecule has 1 aromatic carbocycles. The standard InChI is InChI=1S/C14H16ClN3O/c1-10(12-5-3-4-6-13(12)15)17-14(19)11(2)18-8-7-16-9-18/h3-11H,1-2H3,(H,17,19)/t10-,11-/m0/s1. The number of hydrogen-bond donors (Lipinski definition) is 1. The number of imidazole rings is 1. The van der Waals surface area contributed by atoms with Gasteiger partial charge in [0.25, 0.3) is 0 Å². The monoisotopic (exact) mass is 277 g/mol. The van der Waals surface area contributed by atoms with Gasteiger partial charge in [-0.25, -0.2) is 4.98 Å². The Labute approximate surface area is 117 Å². The number of rotatable bonds is 4. The molecular formula is C14H16ClN3O. The van der Waals surface area contributed by atoms with Crippen LogP contribution in [-0.2, 0) is 4.79 Å². The first-order valence-corrected chi connectivity index (χ1v) is 6.49. The fraction of sp³-hybridized carbons (Fsp3) is 0.286. The zero-order chi connectivity index (χ0) is 13.8. The number of halogens is 1. The van der Waals surface area contributed by atoms with E-state index < -0.39 is 0 Å². The maximum absolute atomic E-state index is 12.1. The summed E-state index contributed by atoms with van der Waals surface area (Å²) in [7, 11) is 0. The van der Waals surface area contributed by atoms with Gasteiger partial charge in [-0.05, 0) is 25.5 Å². The molecule has 0 aliphatic heterocycles. The van der Waals surface area contributed by atoms with Crippen LogP contribution in [0.25, 0.3) is 0 Å². The molecule has 0 fully saturated rings. The van der Waals surface area contributed by atoms with Gasteiger partial charge in [0.2, 0.25) is 5.91 Å². The molecule has 100 valence electrons. The van der Waals surface area contributed by atoms with Crippen LogP contribution in [0.4, 0.5) is 0 Å². The lowest BCUT2D eigenvalue weighted by atomic mass is 10.1. The van der Waals surface area contributed by atoms with E-state index in [2.05, 4.69) is 10.3 Å². The molecule has 2 atom stereocenters. The summed E-state index contributed by atoms with van der Waals surface area (Å²) < 4.78 is 1.76. The lowest BCUT2D eigenvalue weighted by molar-refractivity contribution is -0.124. The summed E-state index contributed by atoms with van der Waals surface area (Å²) in [6.07, 6.45) is 5.05. The zero-order valence-electron chi connectivity index (χ0n) is 10.9. The van der Waals surface area contributed by atoms with Gasteiger partial charge in [0.15, 0.2) is 0 Å². The highest BCUT2D eigenvalue weighted by Crippen LogP contribution is 2.22. The second-order valence-corrected chi connectivity index (χ2v) is 4.84. The third-order valence-electron chi connectivity index (χ3n) is 3.08. The van der Waals surface area contributed by atoms with Gasteiger partial charge in [-0.3, -0.25) is 4.79 Å². The van der Waals surface area contributed by atoms with Crippen LogP contribution < -0.4 is 5.32 Å². The van der Waals surface area contributed by atoms with Crippen LogP contribution in [0.3, 0.4) is 0 Å². The summed E-state index contributed by atoms with van der Waals surface area (Å²) in [6, 6.07) is 7.07. The Hall–Kier alpha value is -1.81. The Kier molecular flexibility index (Phi) is 4.22. The van der Waals surface area contributed by atoms with Gasteiger partial charge < -0.3 is 9.88 Å². The molecule has 2 aromatic rings. The topological polar surface area (TPSA) is 46.9 Å². The third-order valence-corrected chi connectivity index (χ3v) is 3.43. The summed E-state index contributed by atoms with van der Waals surface area (Å²) in [5.41, 5.74) is 0.912. The zero-order valence-corrected chi connectivity index (χ0v) is 11.6. The number of aromatic nitrogens is 2. The average molecular weight is 278 g/mol. The summed E-state index contributed by atoms with van der Waals surface area (Å²) >= 11 is 6.12. The first kappa shape index (κ1) is 13.6. The van der Waals surface area contributed by atoms with E-state index in [9.17, 15) is 4.79 Å². The molecule has 0 aliphatic carbocycles. The highest BCUT2D eigenvalue weighted by atomic mass is 35.5. The Morgan fingerprint density at radius 2 is 2.11 bits per heavy atom. The number of nitrogens with one attached hydrogen (secondary N) is 1. The van der Waals surface area contributed by atoms with Gasteiger partial charge in [0.05, 0.1) is 12.4 Å².